The number of guanidine groups is 1. The van der Waals surface area contributed by atoms with Crippen molar-refractivity contribution in [3.05, 3.63) is 30.1 Å². The molecule has 26 heavy (non-hydrogen) atoms. The van der Waals surface area contributed by atoms with Gasteiger partial charge in [-0.3, -0.25) is 9.79 Å². The number of amides is 1. The zero-order valence-corrected chi connectivity index (χ0v) is 17.6. The van der Waals surface area contributed by atoms with E-state index in [9.17, 15) is 17.6 Å². The molecule has 1 aromatic carbocycles. The second kappa shape index (κ2) is 10.7. The van der Waals surface area contributed by atoms with Gasteiger partial charge in [-0.2, -0.15) is 0 Å². The quantitative estimate of drug-likeness (QED) is 0.310. The number of rotatable bonds is 6. The van der Waals surface area contributed by atoms with E-state index in [1.165, 1.54) is 18.2 Å². The molecule has 0 bridgehead atoms. The van der Waals surface area contributed by atoms with Crippen LogP contribution in [0.1, 0.15) is 19.8 Å². The van der Waals surface area contributed by atoms with Crippen molar-refractivity contribution in [3.8, 4) is 0 Å². The van der Waals surface area contributed by atoms with Crippen molar-refractivity contribution in [1.82, 2.24) is 16.0 Å². The average Bonchev–Trinajstić information content (AvgIpc) is 2.57. The highest BCUT2D eigenvalue weighted by molar-refractivity contribution is 14.0. The first-order chi connectivity index (χ1) is 11.9. The van der Waals surface area contributed by atoms with Crippen molar-refractivity contribution in [1.29, 1.82) is 0 Å². The second-order valence-electron chi connectivity index (χ2n) is 5.69. The summed E-state index contributed by atoms with van der Waals surface area (Å²) in [4.78, 5) is 15.1. The lowest BCUT2D eigenvalue weighted by Crippen LogP contribution is -2.51. The lowest BCUT2D eigenvalue weighted by atomic mass is 10.1. The Bertz CT molecular complexity index is 733. The largest absolute Gasteiger partial charge is 0.357 e. The zero-order valence-electron chi connectivity index (χ0n) is 14.5. The van der Waals surface area contributed by atoms with Crippen LogP contribution in [0.3, 0.4) is 0 Å². The summed E-state index contributed by atoms with van der Waals surface area (Å²) in [6.07, 6.45) is 1.13. The summed E-state index contributed by atoms with van der Waals surface area (Å²) < 4.78 is 38.1. The number of hydrogen-bond donors (Lipinski definition) is 3. The number of nitrogens with one attached hydrogen (secondary N) is 3. The topological polar surface area (TPSA) is 99.7 Å². The smallest absolute Gasteiger partial charge is 0.220 e. The predicted octanol–water partition coefficient (Wildman–Crippen LogP) is 1.05. The summed E-state index contributed by atoms with van der Waals surface area (Å²) in [6.45, 7) is 3.02. The fourth-order valence-corrected chi connectivity index (χ4v) is 3.66. The van der Waals surface area contributed by atoms with Gasteiger partial charge in [0.15, 0.2) is 15.8 Å². The Morgan fingerprint density at radius 3 is 2.73 bits per heavy atom. The van der Waals surface area contributed by atoms with E-state index >= 15 is 0 Å². The summed E-state index contributed by atoms with van der Waals surface area (Å²) >= 11 is 0. The number of benzene rings is 1. The third-order valence-electron chi connectivity index (χ3n) is 3.75. The molecular formula is C16H24FIN4O3S. The third kappa shape index (κ3) is 6.71. The van der Waals surface area contributed by atoms with Crippen LogP contribution in [-0.4, -0.2) is 51.7 Å². The van der Waals surface area contributed by atoms with Gasteiger partial charge >= 0.3 is 0 Å². The van der Waals surface area contributed by atoms with Crippen LogP contribution in [0.4, 0.5) is 4.39 Å². The van der Waals surface area contributed by atoms with Crippen molar-refractivity contribution in [2.75, 3.05) is 25.4 Å². The molecule has 1 aromatic rings. The van der Waals surface area contributed by atoms with Gasteiger partial charge in [0.05, 0.1) is 12.3 Å². The van der Waals surface area contributed by atoms with Crippen molar-refractivity contribution in [2.24, 2.45) is 4.99 Å². The molecular weight excluding hydrogens is 474 g/mol. The molecule has 1 atom stereocenters. The Kier molecular flexibility index (Phi) is 9.27. The Labute approximate surface area is 170 Å². The first kappa shape index (κ1) is 22.6. The minimum absolute atomic E-state index is 0. The van der Waals surface area contributed by atoms with Crippen LogP contribution in [0.2, 0.25) is 0 Å². The molecule has 10 heteroatoms. The highest BCUT2D eigenvalue weighted by atomic mass is 127. The predicted molar refractivity (Wildman–Crippen MR) is 109 cm³/mol. The highest BCUT2D eigenvalue weighted by Gasteiger charge is 2.20. The van der Waals surface area contributed by atoms with Gasteiger partial charge < -0.3 is 16.0 Å². The van der Waals surface area contributed by atoms with Crippen molar-refractivity contribution in [2.45, 2.75) is 30.7 Å². The van der Waals surface area contributed by atoms with Gasteiger partial charge in [-0.15, -0.1) is 24.0 Å². The summed E-state index contributed by atoms with van der Waals surface area (Å²) in [7, 11) is -3.74. The maximum Gasteiger partial charge on any atom is 0.220 e. The number of carbonyl (C=O) groups is 1. The Balaban J connectivity index is 0.00000338. The first-order valence-corrected chi connectivity index (χ1v) is 9.86. The minimum atomic E-state index is -3.74. The molecule has 1 fully saturated rings. The molecule has 1 unspecified atom stereocenters. The van der Waals surface area contributed by atoms with Crippen LogP contribution in [0.5, 0.6) is 0 Å². The number of hydrogen-bond acceptors (Lipinski definition) is 4. The SMILES string of the molecule is CCNC(=NCCS(=O)(=O)c1ccccc1F)NC1CCC(=O)NC1.I. The van der Waals surface area contributed by atoms with E-state index in [1.807, 2.05) is 6.92 Å². The van der Waals surface area contributed by atoms with Gasteiger partial charge in [0.1, 0.15) is 10.7 Å². The van der Waals surface area contributed by atoms with E-state index in [0.29, 0.717) is 31.9 Å². The van der Waals surface area contributed by atoms with E-state index in [1.54, 1.807) is 0 Å². The van der Waals surface area contributed by atoms with E-state index in [2.05, 4.69) is 20.9 Å². The van der Waals surface area contributed by atoms with Gasteiger partial charge in [0.25, 0.3) is 0 Å². The Morgan fingerprint density at radius 2 is 2.12 bits per heavy atom. The van der Waals surface area contributed by atoms with E-state index < -0.39 is 15.7 Å². The van der Waals surface area contributed by atoms with Gasteiger partial charge in [-0.25, -0.2) is 12.8 Å². The molecule has 0 saturated carbocycles. The number of carbonyl (C=O) groups excluding carboxylic acids is 1. The van der Waals surface area contributed by atoms with Crippen LogP contribution in [0.15, 0.2) is 34.2 Å². The standard InChI is InChI=1S/C16H23FN4O3S.HI/c1-2-18-16(21-12-7-8-15(22)20-11-12)19-9-10-25(23,24)14-6-4-3-5-13(14)17;/h3-6,12H,2,7-11H2,1H3,(H,20,22)(H2,18,19,21);1H. The fourth-order valence-electron chi connectivity index (χ4n) is 2.45. The van der Waals surface area contributed by atoms with Crippen molar-refractivity contribution < 1.29 is 17.6 Å². The molecule has 1 amide bonds. The third-order valence-corrected chi connectivity index (χ3v) is 5.47. The number of piperidine rings is 1. The lowest BCUT2D eigenvalue weighted by molar-refractivity contribution is -0.122. The molecule has 0 radical (unpaired) electrons. The van der Waals surface area contributed by atoms with E-state index in [0.717, 1.165) is 6.07 Å². The molecule has 1 aliphatic rings. The molecule has 146 valence electrons. The summed E-state index contributed by atoms with van der Waals surface area (Å²) in [6, 6.07) is 5.35. The molecule has 1 heterocycles. The molecule has 0 aliphatic carbocycles. The Hall–Kier alpha value is -1.43. The van der Waals surface area contributed by atoms with E-state index in [4.69, 9.17) is 0 Å². The Morgan fingerprint density at radius 1 is 1.38 bits per heavy atom. The van der Waals surface area contributed by atoms with Crippen LogP contribution in [0, 0.1) is 5.82 Å². The molecule has 0 spiro atoms. The molecule has 2 rings (SSSR count). The van der Waals surface area contributed by atoms with Gasteiger partial charge in [-0.05, 0) is 25.5 Å². The van der Waals surface area contributed by atoms with Crippen LogP contribution < -0.4 is 16.0 Å². The molecule has 1 aliphatic heterocycles. The van der Waals surface area contributed by atoms with Crippen LogP contribution in [-0.2, 0) is 14.6 Å². The fraction of sp³-hybridized carbons (Fsp3) is 0.500. The van der Waals surface area contributed by atoms with Crippen molar-refractivity contribution in [3.63, 3.8) is 0 Å². The highest BCUT2D eigenvalue weighted by Crippen LogP contribution is 2.15. The van der Waals surface area contributed by atoms with Gasteiger partial charge in [0.2, 0.25) is 5.91 Å². The van der Waals surface area contributed by atoms with Crippen LogP contribution >= 0.6 is 24.0 Å². The maximum atomic E-state index is 13.7. The number of halogens is 2. The first-order valence-electron chi connectivity index (χ1n) is 8.21. The molecule has 1 saturated heterocycles. The molecule has 0 aromatic heterocycles. The zero-order chi connectivity index (χ0) is 18.3. The van der Waals surface area contributed by atoms with Gasteiger partial charge in [-0.1, -0.05) is 12.1 Å². The van der Waals surface area contributed by atoms with Crippen LogP contribution in [0.25, 0.3) is 0 Å². The second-order valence-corrected chi connectivity index (χ2v) is 7.77. The monoisotopic (exact) mass is 498 g/mol. The van der Waals surface area contributed by atoms with E-state index in [-0.39, 0.29) is 53.1 Å². The van der Waals surface area contributed by atoms with Gasteiger partial charge in [0, 0.05) is 25.6 Å². The summed E-state index contributed by atoms with van der Waals surface area (Å²) in [5, 5.41) is 8.97. The summed E-state index contributed by atoms with van der Waals surface area (Å²) in [5.41, 5.74) is 0. The maximum absolute atomic E-state index is 13.7. The number of nitrogens with zero attached hydrogens (tertiary/aromatic N) is 1. The average molecular weight is 498 g/mol. The van der Waals surface area contributed by atoms with Crippen molar-refractivity contribution >= 4 is 45.7 Å². The minimum Gasteiger partial charge on any atom is -0.357 e. The molecule has 3 N–H and O–H groups in total. The lowest BCUT2D eigenvalue weighted by Gasteiger charge is -2.25. The number of aliphatic imine (C=N–C) groups is 1. The normalized spacial score (nSPS) is 17.8. The summed E-state index contributed by atoms with van der Waals surface area (Å²) in [5.74, 6) is -0.538. The molecule has 7 nitrogen and oxygen atoms in total. The number of sulfone groups is 1.